The molecule has 7 nitrogen and oxygen atoms in total. The standard InChI is InChI=1S/C26H22N2O5S/c1-32-21-11-5-2-8-18(21)27-15-17(14-24(27)29)26(31)33-16-25(30)28-19-9-3-6-12-22(19)34-23-13-7-4-10-20(23)28/h2-13,17H,14-16H2,1H3/t17-/m1/s1. The van der Waals surface area contributed by atoms with E-state index in [1.54, 1.807) is 28.8 Å². The maximum Gasteiger partial charge on any atom is 0.311 e. The minimum Gasteiger partial charge on any atom is -0.495 e. The second-order valence-electron chi connectivity index (χ2n) is 7.95. The Labute approximate surface area is 201 Å². The summed E-state index contributed by atoms with van der Waals surface area (Å²) in [5.41, 5.74) is 2.12. The van der Waals surface area contributed by atoms with E-state index < -0.39 is 18.5 Å². The molecule has 0 saturated carbocycles. The average molecular weight is 475 g/mol. The van der Waals surface area contributed by atoms with E-state index in [0.29, 0.717) is 11.4 Å². The summed E-state index contributed by atoms with van der Waals surface area (Å²) in [4.78, 5) is 43.6. The molecule has 0 bridgehead atoms. The number of fused-ring (bicyclic) bond motifs is 2. The van der Waals surface area contributed by atoms with Crippen molar-refractivity contribution in [3.8, 4) is 5.75 Å². The van der Waals surface area contributed by atoms with Crippen LogP contribution in [0.3, 0.4) is 0 Å². The second kappa shape index (κ2) is 9.23. The van der Waals surface area contributed by atoms with Crippen molar-refractivity contribution in [2.24, 2.45) is 5.92 Å². The van der Waals surface area contributed by atoms with Gasteiger partial charge >= 0.3 is 5.97 Å². The molecule has 0 N–H and O–H groups in total. The molecule has 2 heterocycles. The summed E-state index contributed by atoms with van der Waals surface area (Å²) < 4.78 is 10.8. The number of nitrogens with zero attached hydrogens (tertiary/aromatic N) is 2. The Hall–Kier alpha value is -3.78. The van der Waals surface area contributed by atoms with Crippen LogP contribution in [0.2, 0.25) is 0 Å². The van der Waals surface area contributed by atoms with Gasteiger partial charge in [0, 0.05) is 22.8 Å². The van der Waals surface area contributed by atoms with Crippen LogP contribution in [-0.4, -0.2) is 38.0 Å². The van der Waals surface area contributed by atoms with Gasteiger partial charge in [-0.3, -0.25) is 19.3 Å². The molecule has 2 aliphatic rings. The van der Waals surface area contributed by atoms with Gasteiger partial charge in [0.25, 0.3) is 5.91 Å². The third kappa shape index (κ3) is 4.01. The van der Waals surface area contributed by atoms with Crippen LogP contribution in [0.4, 0.5) is 17.1 Å². The zero-order chi connectivity index (χ0) is 23.7. The van der Waals surface area contributed by atoms with E-state index in [0.717, 1.165) is 21.2 Å². The largest absolute Gasteiger partial charge is 0.495 e. The van der Waals surface area contributed by atoms with E-state index in [4.69, 9.17) is 9.47 Å². The van der Waals surface area contributed by atoms with E-state index >= 15 is 0 Å². The number of amides is 2. The van der Waals surface area contributed by atoms with Gasteiger partial charge in [-0.2, -0.15) is 0 Å². The zero-order valence-corrected chi connectivity index (χ0v) is 19.3. The lowest BCUT2D eigenvalue weighted by Crippen LogP contribution is -2.34. The normalized spacial score (nSPS) is 16.6. The molecular weight excluding hydrogens is 452 g/mol. The van der Waals surface area contributed by atoms with Crippen molar-refractivity contribution in [3.05, 3.63) is 72.8 Å². The number of hydrogen-bond acceptors (Lipinski definition) is 6. The van der Waals surface area contributed by atoms with Crippen molar-refractivity contribution < 1.29 is 23.9 Å². The molecule has 1 atom stereocenters. The summed E-state index contributed by atoms with van der Waals surface area (Å²) in [6.45, 7) is -0.232. The van der Waals surface area contributed by atoms with Gasteiger partial charge in [0.05, 0.1) is 30.1 Å². The Morgan fingerprint density at radius 2 is 1.50 bits per heavy atom. The number of benzene rings is 3. The summed E-state index contributed by atoms with van der Waals surface area (Å²) in [6, 6.07) is 22.4. The Balaban J connectivity index is 1.29. The van der Waals surface area contributed by atoms with E-state index in [9.17, 15) is 14.4 Å². The molecule has 0 spiro atoms. The Morgan fingerprint density at radius 3 is 2.15 bits per heavy atom. The van der Waals surface area contributed by atoms with Crippen LogP contribution in [0.25, 0.3) is 0 Å². The molecule has 1 fully saturated rings. The van der Waals surface area contributed by atoms with Gasteiger partial charge in [0.1, 0.15) is 5.75 Å². The number of methoxy groups -OCH3 is 1. The van der Waals surface area contributed by atoms with E-state index in [2.05, 4.69) is 0 Å². The molecule has 2 amide bonds. The summed E-state index contributed by atoms with van der Waals surface area (Å²) >= 11 is 1.59. The summed E-state index contributed by atoms with van der Waals surface area (Å²) in [7, 11) is 1.53. The van der Waals surface area contributed by atoms with E-state index in [1.165, 1.54) is 12.0 Å². The van der Waals surface area contributed by atoms with Gasteiger partial charge in [-0.15, -0.1) is 0 Å². The number of rotatable bonds is 5. The van der Waals surface area contributed by atoms with Crippen LogP contribution in [0.15, 0.2) is 82.6 Å². The maximum absolute atomic E-state index is 13.2. The molecule has 0 radical (unpaired) electrons. The lowest BCUT2D eigenvalue weighted by atomic mass is 10.1. The SMILES string of the molecule is COc1ccccc1N1C[C@H](C(=O)OCC(=O)N2c3ccccc3Sc3ccccc32)CC1=O. The predicted molar refractivity (Wildman–Crippen MR) is 129 cm³/mol. The fourth-order valence-electron chi connectivity index (χ4n) is 4.24. The van der Waals surface area contributed by atoms with Crippen molar-refractivity contribution in [1.29, 1.82) is 0 Å². The summed E-state index contributed by atoms with van der Waals surface area (Å²) in [5.74, 6) is -1.19. The number of ether oxygens (including phenoxy) is 2. The molecule has 8 heteroatoms. The first kappa shape index (κ1) is 22.0. The molecule has 0 aromatic heterocycles. The smallest absolute Gasteiger partial charge is 0.311 e. The molecule has 1 saturated heterocycles. The van der Waals surface area contributed by atoms with E-state index in [1.807, 2.05) is 60.7 Å². The number of carbonyl (C=O) groups excluding carboxylic acids is 3. The highest BCUT2D eigenvalue weighted by Crippen LogP contribution is 2.47. The molecule has 0 aliphatic carbocycles. The van der Waals surface area contributed by atoms with Gasteiger partial charge in [0.2, 0.25) is 5.91 Å². The molecule has 172 valence electrons. The predicted octanol–water partition coefficient (Wildman–Crippen LogP) is 4.42. The molecular formula is C26H22N2O5S. The van der Waals surface area contributed by atoms with Crippen LogP contribution in [0, 0.1) is 5.92 Å². The molecule has 3 aromatic carbocycles. The maximum atomic E-state index is 13.2. The second-order valence-corrected chi connectivity index (χ2v) is 9.04. The Bertz CT molecular complexity index is 1230. The highest BCUT2D eigenvalue weighted by molar-refractivity contribution is 7.99. The van der Waals surface area contributed by atoms with Crippen LogP contribution < -0.4 is 14.5 Å². The first-order valence-electron chi connectivity index (χ1n) is 10.9. The van der Waals surface area contributed by atoms with Crippen molar-refractivity contribution >= 4 is 46.6 Å². The summed E-state index contributed by atoms with van der Waals surface area (Å²) in [6.07, 6.45) is 0.0249. The first-order valence-corrected chi connectivity index (χ1v) is 11.7. The Kier molecular flexibility index (Phi) is 5.98. The number of hydrogen-bond donors (Lipinski definition) is 0. The van der Waals surface area contributed by atoms with Gasteiger partial charge < -0.3 is 14.4 Å². The van der Waals surface area contributed by atoms with Crippen molar-refractivity contribution in [2.75, 3.05) is 30.1 Å². The van der Waals surface area contributed by atoms with Gasteiger partial charge in [-0.1, -0.05) is 48.2 Å². The lowest BCUT2D eigenvalue weighted by molar-refractivity contribution is -0.151. The lowest BCUT2D eigenvalue weighted by Gasteiger charge is -2.30. The number of anilines is 3. The van der Waals surface area contributed by atoms with Crippen molar-refractivity contribution in [3.63, 3.8) is 0 Å². The summed E-state index contributed by atoms with van der Waals surface area (Å²) in [5, 5.41) is 0. The molecule has 2 aliphatic heterocycles. The first-order chi connectivity index (χ1) is 16.6. The van der Waals surface area contributed by atoms with Crippen LogP contribution in [0.1, 0.15) is 6.42 Å². The average Bonchev–Trinajstić information content (AvgIpc) is 3.26. The van der Waals surface area contributed by atoms with Gasteiger partial charge in [-0.05, 0) is 36.4 Å². The van der Waals surface area contributed by atoms with Crippen LogP contribution >= 0.6 is 11.8 Å². The van der Waals surface area contributed by atoms with Crippen molar-refractivity contribution in [2.45, 2.75) is 16.2 Å². The fourth-order valence-corrected chi connectivity index (χ4v) is 5.30. The molecule has 34 heavy (non-hydrogen) atoms. The third-order valence-corrected chi connectivity index (χ3v) is 6.98. The van der Waals surface area contributed by atoms with E-state index in [-0.39, 0.29) is 24.8 Å². The third-order valence-electron chi connectivity index (χ3n) is 5.85. The van der Waals surface area contributed by atoms with Crippen LogP contribution in [-0.2, 0) is 19.1 Å². The highest BCUT2D eigenvalue weighted by Gasteiger charge is 2.38. The molecule has 3 aromatic rings. The topological polar surface area (TPSA) is 76.2 Å². The number of carbonyl (C=O) groups is 3. The Morgan fingerprint density at radius 1 is 0.912 bits per heavy atom. The fraction of sp³-hybridized carbons (Fsp3) is 0.192. The highest BCUT2D eigenvalue weighted by atomic mass is 32.2. The number of esters is 1. The quantitative estimate of drug-likeness (QED) is 0.510. The molecule has 0 unspecified atom stereocenters. The van der Waals surface area contributed by atoms with Crippen molar-refractivity contribution in [1.82, 2.24) is 0 Å². The van der Waals surface area contributed by atoms with Crippen LogP contribution in [0.5, 0.6) is 5.75 Å². The molecule has 5 rings (SSSR count). The minimum absolute atomic E-state index is 0.0249. The zero-order valence-electron chi connectivity index (χ0n) is 18.5. The van der Waals surface area contributed by atoms with Gasteiger partial charge in [0.15, 0.2) is 6.61 Å². The minimum atomic E-state index is -0.651. The van der Waals surface area contributed by atoms with Gasteiger partial charge in [-0.25, -0.2) is 0 Å². The number of para-hydroxylation sites is 4. The monoisotopic (exact) mass is 474 g/mol.